The van der Waals surface area contributed by atoms with Crippen molar-refractivity contribution < 1.29 is 14.7 Å². The second-order valence-electron chi connectivity index (χ2n) is 8.88. The van der Waals surface area contributed by atoms with Crippen molar-refractivity contribution >= 4 is 22.8 Å². The van der Waals surface area contributed by atoms with E-state index >= 15 is 0 Å². The SMILES string of the molecule is CNC(=O)N1CC(CO)CC(N(C(=O)NCc2ccc3cc(C)ccc3c2)C2CC2)C1. The average molecular weight is 425 g/mol. The Morgan fingerprint density at radius 1 is 1.10 bits per heavy atom. The summed E-state index contributed by atoms with van der Waals surface area (Å²) in [7, 11) is 1.61. The summed E-state index contributed by atoms with van der Waals surface area (Å²) in [5, 5.41) is 17.8. The zero-order valence-corrected chi connectivity index (χ0v) is 18.3. The number of piperidine rings is 1. The lowest BCUT2D eigenvalue weighted by Gasteiger charge is -2.42. The number of hydrogen-bond donors (Lipinski definition) is 3. The molecule has 0 spiro atoms. The normalized spacial score (nSPS) is 21.1. The van der Waals surface area contributed by atoms with Crippen LogP contribution in [0.2, 0.25) is 0 Å². The molecule has 2 aromatic rings. The molecule has 1 aliphatic carbocycles. The molecule has 2 atom stereocenters. The molecule has 31 heavy (non-hydrogen) atoms. The molecule has 2 fully saturated rings. The van der Waals surface area contributed by atoms with Crippen LogP contribution in [0.25, 0.3) is 10.8 Å². The minimum atomic E-state index is -0.161. The number of hydrogen-bond acceptors (Lipinski definition) is 3. The van der Waals surface area contributed by atoms with E-state index in [-0.39, 0.29) is 36.7 Å². The second-order valence-corrected chi connectivity index (χ2v) is 8.88. The van der Waals surface area contributed by atoms with Gasteiger partial charge in [0.15, 0.2) is 0 Å². The van der Waals surface area contributed by atoms with Gasteiger partial charge in [0.2, 0.25) is 0 Å². The molecule has 0 aromatic heterocycles. The molecule has 7 heteroatoms. The Balaban J connectivity index is 1.45. The van der Waals surface area contributed by atoms with E-state index in [1.54, 1.807) is 11.9 Å². The molecule has 4 rings (SSSR count). The van der Waals surface area contributed by atoms with Crippen molar-refractivity contribution in [2.24, 2.45) is 5.92 Å². The van der Waals surface area contributed by atoms with Gasteiger partial charge in [-0.05, 0) is 48.6 Å². The van der Waals surface area contributed by atoms with Crippen LogP contribution < -0.4 is 10.6 Å². The summed E-state index contributed by atoms with van der Waals surface area (Å²) in [6.07, 6.45) is 2.69. The third-order valence-electron chi connectivity index (χ3n) is 6.35. The fourth-order valence-corrected chi connectivity index (χ4v) is 4.61. The van der Waals surface area contributed by atoms with Crippen molar-refractivity contribution in [3.63, 3.8) is 0 Å². The Bertz CT molecular complexity index is 959. The van der Waals surface area contributed by atoms with Gasteiger partial charge in [-0.25, -0.2) is 9.59 Å². The van der Waals surface area contributed by atoms with E-state index in [4.69, 9.17) is 0 Å². The van der Waals surface area contributed by atoms with Crippen LogP contribution in [0.5, 0.6) is 0 Å². The molecule has 1 saturated carbocycles. The Kier molecular flexibility index (Phi) is 6.32. The Hall–Kier alpha value is -2.80. The molecule has 166 valence electrons. The maximum absolute atomic E-state index is 13.2. The predicted molar refractivity (Wildman–Crippen MR) is 121 cm³/mol. The first-order valence-electron chi connectivity index (χ1n) is 11.1. The number of aryl methyl sites for hydroxylation is 1. The highest BCUT2D eigenvalue weighted by Gasteiger charge is 2.41. The van der Waals surface area contributed by atoms with Gasteiger partial charge in [-0.2, -0.15) is 0 Å². The minimum absolute atomic E-state index is 0.0146. The number of carbonyl (C=O) groups is 2. The first-order chi connectivity index (χ1) is 15.0. The summed E-state index contributed by atoms with van der Waals surface area (Å²) in [6, 6.07) is 12.5. The van der Waals surface area contributed by atoms with Crippen LogP contribution >= 0.6 is 0 Å². The van der Waals surface area contributed by atoms with Gasteiger partial charge < -0.3 is 25.5 Å². The number of nitrogens with one attached hydrogen (secondary N) is 2. The Morgan fingerprint density at radius 3 is 2.55 bits per heavy atom. The van der Waals surface area contributed by atoms with E-state index in [0.717, 1.165) is 23.8 Å². The van der Waals surface area contributed by atoms with E-state index in [1.165, 1.54) is 10.9 Å². The van der Waals surface area contributed by atoms with E-state index < -0.39 is 0 Å². The highest BCUT2D eigenvalue weighted by Crippen LogP contribution is 2.32. The molecule has 1 saturated heterocycles. The van der Waals surface area contributed by atoms with Gasteiger partial charge in [0.05, 0.1) is 6.04 Å². The fourth-order valence-electron chi connectivity index (χ4n) is 4.61. The summed E-state index contributed by atoms with van der Waals surface area (Å²) >= 11 is 0. The number of likely N-dealkylation sites (tertiary alicyclic amines) is 1. The number of urea groups is 2. The maximum atomic E-state index is 13.2. The third kappa shape index (κ3) is 4.93. The van der Waals surface area contributed by atoms with Crippen LogP contribution in [0, 0.1) is 12.8 Å². The summed E-state index contributed by atoms with van der Waals surface area (Å²) in [5.74, 6) is -0.0194. The van der Waals surface area contributed by atoms with Crippen molar-refractivity contribution in [3.8, 4) is 0 Å². The van der Waals surface area contributed by atoms with Crippen molar-refractivity contribution in [3.05, 3.63) is 47.5 Å². The molecule has 3 N–H and O–H groups in total. The fraction of sp³-hybridized carbons (Fsp3) is 0.500. The summed E-state index contributed by atoms with van der Waals surface area (Å²) in [4.78, 5) is 29.0. The smallest absolute Gasteiger partial charge is 0.318 e. The van der Waals surface area contributed by atoms with Crippen LogP contribution in [0.15, 0.2) is 36.4 Å². The van der Waals surface area contributed by atoms with Gasteiger partial charge in [-0.3, -0.25) is 0 Å². The molecule has 0 bridgehead atoms. The zero-order chi connectivity index (χ0) is 22.0. The third-order valence-corrected chi connectivity index (χ3v) is 6.35. The molecule has 2 aromatic carbocycles. The van der Waals surface area contributed by atoms with Gasteiger partial charge in [0.1, 0.15) is 0 Å². The van der Waals surface area contributed by atoms with Crippen molar-refractivity contribution in [2.75, 3.05) is 26.7 Å². The van der Waals surface area contributed by atoms with E-state index in [2.05, 4.69) is 54.0 Å². The zero-order valence-electron chi connectivity index (χ0n) is 18.3. The standard InChI is InChI=1S/C24H32N4O3/c1-16-3-5-20-10-17(4-6-19(20)9-16)12-26-24(31)28(21-7-8-21)22-11-18(15-29)13-27(14-22)23(30)25-2/h3-6,9-10,18,21-22,29H,7-8,11-15H2,1-2H3,(H,25,30)(H,26,31). The lowest BCUT2D eigenvalue weighted by atomic mass is 9.94. The summed E-state index contributed by atoms with van der Waals surface area (Å²) in [6.45, 7) is 3.57. The molecule has 1 aliphatic heterocycles. The van der Waals surface area contributed by atoms with E-state index in [1.807, 2.05) is 4.90 Å². The molecule has 7 nitrogen and oxygen atoms in total. The lowest BCUT2D eigenvalue weighted by Crippen LogP contribution is -2.58. The number of aliphatic hydroxyl groups excluding tert-OH is 1. The number of nitrogens with zero attached hydrogens (tertiary/aromatic N) is 2. The van der Waals surface area contributed by atoms with Crippen molar-refractivity contribution in [1.29, 1.82) is 0 Å². The second kappa shape index (κ2) is 9.14. The molecular formula is C24H32N4O3. The first-order valence-corrected chi connectivity index (χ1v) is 11.1. The number of carbonyl (C=O) groups excluding carboxylic acids is 2. The summed E-state index contributed by atoms with van der Waals surface area (Å²) in [5.41, 5.74) is 2.29. The Morgan fingerprint density at radius 2 is 1.84 bits per heavy atom. The van der Waals surface area contributed by atoms with Crippen LogP contribution in [-0.2, 0) is 6.54 Å². The van der Waals surface area contributed by atoms with Crippen LogP contribution in [0.1, 0.15) is 30.4 Å². The van der Waals surface area contributed by atoms with Gasteiger partial charge in [0.25, 0.3) is 0 Å². The number of amides is 4. The van der Waals surface area contributed by atoms with E-state index in [0.29, 0.717) is 26.1 Å². The van der Waals surface area contributed by atoms with Crippen molar-refractivity contribution in [1.82, 2.24) is 20.4 Å². The van der Waals surface area contributed by atoms with Gasteiger partial charge in [0, 0.05) is 45.2 Å². The number of fused-ring (bicyclic) bond motifs is 1. The molecule has 2 aliphatic rings. The van der Waals surface area contributed by atoms with Crippen LogP contribution in [-0.4, -0.2) is 65.8 Å². The van der Waals surface area contributed by atoms with Gasteiger partial charge >= 0.3 is 12.1 Å². The first kappa shape index (κ1) is 21.4. The molecule has 1 heterocycles. The number of aliphatic hydroxyl groups is 1. The largest absolute Gasteiger partial charge is 0.396 e. The lowest BCUT2D eigenvalue weighted by molar-refractivity contribution is 0.0690. The highest BCUT2D eigenvalue weighted by molar-refractivity contribution is 5.84. The number of benzene rings is 2. The number of rotatable bonds is 5. The van der Waals surface area contributed by atoms with Crippen LogP contribution in [0.4, 0.5) is 9.59 Å². The van der Waals surface area contributed by atoms with Gasteiger partial charge in [-0.1, -0.05) is 35.9 Å². The molecule has 0 radical (unpaired) electrons. The Labute approximate surface area is 183 Å². The predicted octanol–water partition coefficient (Wildman–Crippen LogP) is 2.84. The van der Waals surface area contributed by atoms with Crippen molar-refractivity contribution in [2.45, 2.75) is 44.8 Å². The topological polar surface area (TPSA) is 84.9 Å². The molecule has 4 amide bonds. The van der Waals surface area contributed by atoms with Crippen LogP contribution in [0.3, 0.4) is 0 Å². The highest BCUT2D eigenvalue weighted by atomic mass is 16.3. The maximum Gasteiger partial charge on any atom is 0.318 e. The van der Waals surface area contributed by atoms with E-state index in [9.17, 15) is 14.7 Å². The van der Waals surface area contributed by atoms with Gasteiger partial charge in [-0.15, -0.1) is 0 Å². The summed E-state index contributed by atoms with van der Waals surface area (Å²) < 4.78 is 0. The monoisotopic (exact) mass is 424 g/mol. The molecular weight excluding hydrogens is 392 g/mol. The minimum Gasteiger partial charge on any atom is -0.396 e. The average Bonchev–Trinajstić information content (AvgIpc) is 3.62. The molecule has 2 unspecified atom stereocenters. The quantitative estimate of drug-likeness (QED) is 0.690.